The van der Waals surface area contributed by atoms with Crippen LogP contribution in [0.4, 0.5) is 13.2 Å². The van der Waals surface area contributed by atoms with Crippen LogP contribution in [0.5, 0.6) is 0 Å². The third-order valence-corrected chi connectivity index (χ3v) is 1.62. The van der Waals surface area contributed by atoms with Crippen molar-refractivity contribution < 1.29 is 13.2 Å². The number of pyridine rings is 1. The second kappa shape index (κ2) is 3.38. The largest absolute Gasteiger partial charge is 0.416 e. The molecular formula is C8H5ClF3N. The van der Waals surface area contributed by atoms with Crippen molar-refractivity contribution in [3.63, 3.8) is 0 Å². The van der Waals surface area contributed by atoms with Crippen molar-refractivity contribution in [2.24, 2.45) is 0 Å². The van der Waals surface area contributed by atoms with Gasteiger partial charge in [0.25, 0.3) is 0 Å². The number of hydrogen-bond acceptors (Lipinski definition) is 1. The molecule has 0 fully saturated rings. The Bertz CT molecular complexity index is 332. The zero-order valence-electron chi connectivity index (χ0n) is 6.40. The molecule has 0 aliphatic heterocycles. The molecule has 0 saturated heterocycles. The van der Waals surface area contributed by atoms with Gasteiger partial charge in [-0.05, 0) is 17.7 Å². The first-order valence-corrected chi connectivity index (χ1v) is 3.67. The number of hydrogen-bond donors (Lipinski definition) is 0. The maximum Gasteiger partial charge on any atom is 0.416 e. The predicted molar refractivity (Wildman–Crippen MR) is 44.3 cm³/mol. The summed E-state index contributed by atoms with van der Waals surface area (Å²) in [5, 5.41) is 0.0166. The predicted octanol–water partition coefficient (Wildman–Crippen LogP) is 3.31. The average molecular weight is 208 g/mol. The quantitative estimate of drug-likeness (QED) is 0.644. The topological polar surface area (TPSA) is 12.9 Å². The lowest BCUT2D eigenvalue weighted by Crippen LogP contribution is -2.09. The van der Waals surface area contributed by atoms with E-state index in [0.29, 0.717) is 0 Å². The van der Waals surface area contributed by atoms with Crippen LogP contribution in [0.3, 0.4) is 0 Å². The van der Waals surface area contributed by atoms with Gasteiger partial charge in [-0.25, -0.2) is 4.98 Å². The first-order valence-electron chi connectivity index (χ1n) is 3.29. The Morgan fingerprint density at radius 3 is 2.54 bits per heavy atom. The van der Waals surface area contributed by atoms with E-state index in [1.807, 2.05) is 0 Å². The van der Waals surface area contributed by atoms with Gasteiger partial charge in [-0.1, -0.05) is 18.2 Å². The van der Waals surface area contributed by atoms with Crippen LogP contribution in [0.25, 0.3) is 5.57 Å². The highest BCUT2D eigenvalue weighted by atomic mass is 35.5. The maximum atomic E-state index is 12.1. The maximum absolute atomic E-state index is 12.1. The van der Waals surface area contributed by atoms with Crippen molar-refractivity contribution in [2.45, 2.75) is 6.18 Å². The summed E-state index contributed by atoms with van der Waals surface area (Å²) < 4.78 is 36.3. The van der Waals surface area contributed by atoms with Crippen molar-refractivity contribution in [1.29, 1.82) is 0 Å². The Balaban J connectivity index is 3.03. The summed E-state index contributed by atoms with van der Waals surface area (Å²) in [5.41, 5.74) is -0.982. The normalized spacial score (nSPS) is 11.4. The Kier molecular flexibility index (Phi) is 2.61. The lowest BCUT2D eigenvalue weighted by atomic mass is 10.1. The summed E-state index contributed by atoms with van der Waals surface area (Å²) in [6, 6.07) is 2.33. The molecule has 0 bridgehead atoms. The van der Waals surface area contributed by atoms with Gasteiger partial charge in [-0.3, -0.25) is 0 Å². The van der Waals surface area contributed by atoms with E-state index in [1.165, 1.54) is 12.3 Å². The number of halogens is 4. The summed E-state index contributed by atoms with van der Waals surface area (Å²) in [5.74, 6) is 0. The van der Waals surface area contributed by atoms with E-state index in [4.69, 9.17) is 11.6 Å². The van der Waals surface area contributed by atoms with Crippen LogP contribution in [0.1, 0.15) is 5.56 Å². The van der Waals surface area contributed by atoms with Crippen LogP contribution >= 0.6 is 11.6 Å². The van der Waals surface area contributed by atoms with E-state index in [-0.39, 0.29) is 10.7 Å². The van der Waals surface area contributed by atoms with E-state index in [0.717, 1.165) is 6.07 Å². The van der Waals surface area contributed by atoms with Gasteiger partial charge in [-0.15, -0.1) is 0 Å². The monoisotopic (exact) mass is 207 g/mol. The third kappa shape index (κ3) is 2.45. The number of aromatic nitrogens is 1. The fourth-order valence-corrected chi connectivity index (χ4v) is 0.928. The van der Waals surface area contributed by atoms with E-state index < -0.39 is 11.7 Å². The summed E-state index contributed by atoms with van der Waals surface area (Å²) >= 11 is 5.42. The standard InChI is InChI=1S/C8H5ClF3N/c1-5(8(10,11)12)6-2-3-13-7(9)4-6/h2-4H,1H2. The molecule has 0 spiro atoms. The molecular weight excluding hydrogens is 203 g/mol. The van der Waals surface area contributed by atoms with Gasteiger partial charge < -0.3 is 0 Å². The first kappa shape index (κ1) is 10.1. The van der Waals surface area contributed by atoms with E-state index in [2.05, 4.69) is 11.6 Å². The molecule has 5 heteroatoms. The van der Waals surface area contributed by atoms with Gasteiger partial charge >= 0.3 is 6.18 Å². The van der Waals surface area contributed by atoms with Crippen molar-refractivity contribution in [3.05, 3.63) is 35.6 Å². The lowest BCUT2D eigenvalue weighted by molar-refractivity contribution is -0.0686. The summed E-state index contributed by atoms with van der Waals surface area (Å²) in [6.45, 7) is 2.93. The third-order valence-electron chi connectivity index (χ3n) is 1.42. The van der Waals surface area contributed by atoms with Gasteiger partial charge in [0, 0.05) is 6.20 Å². The molecule has 0 saturated carbocycles. The smallest absolute Gasteiger partial charge is 0.245 e. The minimum Gasteiger partial charge on any atom is -0.245 e. The van der Waals surface area contributed by atoms with Gasteiger partial charge in [0.2, 0.25) is 0 Å². The number of allylic oxidation sites excluding steroid dienone is 1. The minimum atomic E-state index is -4.43. The highest BCUT2D eigenvalue weighted by Gasteiger charge is 2.32. The number of rotatable bonds is 1. The van der Waals surface area contributed by atoms with Crippen LogP contribution in [0, 0.1) is 0 Å². The fraction of sp³-hybridized carbons (Fsp3) is 0.125. The average Bonchev–Trinajstić information content (AvgIpc) is 2.01. The molecule has 70 valence electrons. The molecule has 1 rings (SSSR count). The highest BCUT2D eigenvalue weighted by Crippen LogP contribution is 2.32. The first-order chi connectivity index (χ1) is 5.91. The molecule has 1 heterocycles. The van der Waals surface area contributed by atoms with Crippen LogP contribution in [0.2, 0.25) is 5.15 Å². The summed E-state index contributed by atoms with van der Waals surface area (Å²) in [6.07, 6.45) is -3.22. The lowest BCUT2D eigenvalue weighted by Gasteiger charge is -2.09. The molecule has 0 N–H and O–H groups in total. The second-order valence-electron chi connectivity index (χ2n) is 2.34. The van der Waals surface area contributed by atoms with Gasteiger partial charge in [-0.2, -0.15) is 13.2 Å². The Labute approximate surface area is 77.9 Å². The fourth-order valence-electron chi connectivity index (χ4n) is 0.754. The van der Waals surface area contributed by atoms with Gasteiger partial charge in [0.05, 0.1) is 5.57 Å². The van der Waals surface area contributed by atoms with Crippen LogP contribution < -0.4 is 0 Å². The molecule has 0 atom stereocenters. The molecule has 13 heavy (non-hydrogen) atoms. The summed E-state index contributed by atoms with van der Waals surface area (Å²) in [4.78, 5) is 3.56. The van der Waals surface area contributed by atoms with Gasteiger partial charge in [0.15, 0.2) is 0 Å². The molecule has 1 aromatic heterocycles. The van der Waals surface area contributed by atoms with Crippen LogP contribution in [-0.2, 0) is 0 Å². The van der Waals surface area contributed by atoms with Crippen molar-refractivity contribution in [2.75, 3.05) is 0 Å². The summed E-state index contributed by atoms with van der Waals surface area (Å²) in [7, 11) is 0. The van der Waals surface area contributed by atoms with Crippen LogP contribution in [-0.4, -0.2) is 11.2 Å². The molecule has 1 nitrogen and oxygen atoms in total. The van der Waals surface area contributed by atoms with E-state index in [9.17, 15) is 13.2 Å². The zero-order chi connectivity index (χ0) is 10.1. The van der Waals surface area contributed by atoms with E-state index in [1.54, 1.807) is 0 Å². The second-order valence-corrected chi connectivity index (χ2v) is 2.73. The molecule has 0 amide bonds. The molecule has 0 aromatic carbocycles. The van der Waals surface area contributed by atoms with E-state index >= 15 is 0 Å². The van der Waals surface area contributed by atoms with Crippen molar-refractivity contribution in [1.82, 2.24) is 4.98 Å². The molecule has 0 aliphatic rings. The molecule has 1 aromatic rings. The SMILES string of the molecule is C=C(c1ccnc(Cl)c1)C(F)(F)F. The Morgan fingerprint density at radius 1 is 1.46 bits per heavy atom. The number of alkyl halides is 3. The number of nitrogens with zero attached hydrogens (tertiary/aromatic N) is 1. The Hall–Kier alpha value is -1.03. The van der Waals surface area contributed by atoms with Crippen molar-refractivity contribution >= 4 is 17.2 Å². The van der Waals surface area contributed by atoms with Gasteiger partial charge in [0.1, 0.15) is 5.15 Å². The minimum absolute atomic E-state index is 0.0166. The molecule has 0 unspecified atom stereocenters. The molecule has 0 radical (unpaired) electrons. The van der Waals surface area contributed by atoms with Crippen molar-refractivity contribution in [3.8, 4) is 0 Å². The molecule has 0 aliphatic carbocycles. The van der Waals surface area contributed by atoms with Crippen LogP contribution in [0.15, 0.2) is 24.9 Å². The zero-order valence-corrected chi connectivity index (χ0v) is 7.15. The Morgan fingerprint density at radius 2 is 2.08 bits per heavy atom. The highest BCUT2D eigenvalue weighted by molar-refractivity contribution is 6.29.